The van der Waals surface area contributed by atoms with Crippen molar-refractivity contribution in [2.45, 2.75) is 56.1 Å². The minimum absolute atomic E-state index is 0.00190. The van der Waals surface area contributed by atoms with Crippen LogP contribution in [-0.2, 0) is 14.3 Å². The van der Waals surface area contributed by atoms with Gasteiger partial charge in [-0.15, -0.1) is 11.8 Å². The van der Waals surface area contributed by atoms with Crippen LogP contribution in [0.4, 0.5) is 4.79 Å². The first-order valence-electron chi connectivity index (χ1n) is 12.3. The molecule has 1 N–H and O–H groups in total. The van der Waals surface area contributed by atoms with Gasteiger partial charge in [-0.1, -0.05) is 66.7 Å². The van der Waals surface area contributed by atoms with E-state index in [0.29, 0.717) is 12.2 Å². The molecule has 0 aliphatic heterocycles. The van der Waals surface area contributed by atoms with Gasteiger partial charge in [0.05, 0.1) is 0 Å². The zero-order valence-corrected chi connectivity index (χ0v) is 21.8. The van der Waals surface area contributed by atoms with Crippen molar-refractivity contribution in [3.05, 3.63) is 90.0 Å². The summed E-state index contributed by atoms with van der Waals surface area (Å²) in [5.41, 5.74) is 4.19. The number of amides is 1. The summed E-state index contributed by atoms with van der Waals surface area (Å²) in [6.45, 7) is 5.80. The Hall–Kier alpha value is -3.25. The van der Waals surface area contributed by atoms with Gasteiger partial charge in [-0.25, -0.2) is 4.79 Å². The van der Waals surface area contributed by atoms with Crippen LogP contribution in [0.15, 0.2) is 83.8 Å². The van der Waals surface area contributed by atoms with Crippen molar-refractivity contribution in [1.29, 1.82) is 0 Å². The third kappa shape index (κ3) is 6.91. The molecule has 1 amide bonds. The second kappa shape index (κ2) is 11.7. The number of carbonyl (C=O) groups is 2. The third-order valence-electron chi connectivity index (χ3n) is 5.98. The van der Waals surface area contributed by atoms with Gasteiger partial charge in [-0.05, 0) is 61.6 Å². The molecule has 0 unspecified atom stereocenters. The van der Waals surface area contributed by atoms with Gasteiger partial charge in [-0.2, -0.15) is 0 Å². The number of fused-ring (bicyclic) bond motifs is 3. The highest BCUT2D eigenvalue weighted by atomic mass is 32.2. The first-order chi connectivity index (χ1) is 17.3. The van der Waals surface area contributed by atoms with E-state index in [0.717, 1.165) is 4.90 Å². The van der Waals surface area contributed by atoms with Gasteiger partial charge in [0.15, 0.2) is 0 Å². The first-order valence-corrected chi connectivity index (χ1v) is 13.3. The van der Waals surface area contributed by atoms with E-state index in [1.165, 1.54) is 22.3 Å². The van der Waals surface area contributed by atoms with Crippen molar-refractivity contribution >= 4 is 23.8 Å². The molecule has 3 aromatic carbocycles. The molecule has 0 spiro atoms. The van der Waals surface area contributed by atoms with Gasteiger partial charge in [0.1, 0.15) is 12.2 Å². The number of esters is 1. The lowest BCUT2D eigenvalue weighted by atomic mass is 9.98. The van der Waals surface area contributed by atoms with Crippen LogP contribution in [0, 0.1) is 0 Å². The second-order valence-electron chi connectivity index (χ2n) is 9.92. The summed E-state index contributed by atoms with van der Waals surface area (Å²) in [4.78, 5) is 26.2. The maximum Gasteiger partial charge on any atom is 0.407 e. The molecule has 0 fully saturated rings. The Labute approximate surface area is 217 Å². The Balaban J connectivity index is 1.37. The molecule has 0 heterocycles. The lowest BCUT2D eigenvalue weighted by molar-refractivity contribution is -0.155. The molecular weight excluding hydrogens is 470 g/mol. The highest BCUT2D eigenvalue weighted by Crippen LogP contribution is 2.44. The van der Waals surface area contributed by atoms with E-state index in [9.17, 15) is 9.59 Å². The lowest BCUT2D eigenvalue weighted by Crippen LogP contribution is -2.38. The molecule has 0 radical (unpaired) electrons. The number of rotatable bonds is 9. The monoisotopic (exact) mass is 503 g/mol. The number of alkyl carbamates (subject to hydrolysis) is 1. The second-order valence-corrected chi connectivity index (χ2v) is 11.0. The molecule has 0 saturated heterocycles. The lowest BCUT2D eigenvalue weighted by Gasteiger charge is -2.22. The average molecular weight is 504 g/mol. The molecule has 0 bridgehead atoms. The quantitative estimate of drug-likeness (QED) is 0.257. The number of hydrogen-bond donors (Lipinski definition) is 1. The fourth-order valence-electron chi connectivity index (χ4n) is 4.40. The molecule has 1 aliphatic carbocycles. The fraction of sp³-hybridized carbons (Fsp3) is 0.333. The summed E-state index contributed by atoms with van der Waals surface area (Å²) in [5, 5.41) is 2.99. The van der Waals surface area contributed by atoms with Crippen molar-refractivity contribution in [2.24, 2.45) is 0 Å². The van der Waals surface area contributed by atoms with Gasteiger partial charge < -0.3 is 14.8 Å². The summed E-state index contributed by atoms with van der Waals surface area (Å²) < 4.78 is 11.2. The van der Waals surface area contributed by atoms with Crippen molar-refractivity contribution in [2.75, 3.05) is 12.4 Å². The smallest absolute Gasteiger partial charge is 0.407 e. The zero-order chi connectivity index (χ0) is 25.5. The molecular formula is C30H33NO4S. The van der Waals surface area contributed by atoms with Crippen molar-refractivity contribution in [3.8, 4) is 11.1 Å². The van der Waals surface area contributed by atoms with E-state index in [4.69, 9.17) is 9.47 Å². The Morgan fingerprint density at radius 1 is 0.889 bits per heavy atom. The molecule has 188 valence electrons. The molecule has 6 heteroatoms. The van der Waals surface area contributed by atoms with E-state index >= 15 is 0 Å². The predicted molar refractivity (Wildman–Crippen MR) is 144 cm³/mol. The van der Waals surface area contributed by atoms with Crippen molar-refractivity contribution < 1.29 is 19.1 Å². The Morgan fingerprint density at radius 2 is 1.47 bits per heavy atom. The molecule has 0 saturated carbocycles. The van der Waals surface area contributed by atoms with E-state index in [1.54, 1.807) is 11.8 Å². The van der Waals surface area contributed by atoms with Crippen LogP contribution >= 0.6 is 11.8 Å². The van der Waals surface area contributed by atoms with Crippen LogP contribution < -0.4 is 5.32 Å². The minimum Gasteiger partial charge on any atom is -0.460 e. The van der Waals surface area contributed by atoms with Crippen LogP contribution in [0.3, 0.4) is 0 Å². The fourth-order valence-corrected chi connectivity index (χ4v) is 5.40. The van der Waals surface area contributed by atoms with Gasteiger partial charge >= 0.3 is 12.1 Å². The maximum absolute atomic E-state index is 12.9. The number of nitrogens with one attached hydrogen (secondary N) is 1. The van der Waals surface area contributed by atoms with Crippen molar-refractivity contribution in [1.82, 2.24) is 5.32 Å². The minimum atomic E-state index is -0.536. The van der Waals surface area contributed by atoms with Crippen LogP contribution in [-0.4, -0.2) is 36.1 Å². The molecule has 1 atom stereocenters. The summed E-state index contributed by atoms with van der Waals surface area (Å²) in [5.74, 6) is 0.352. The number of benzene rings is 3. The summed E-state index contributed by atoms with van der Waals surface area (Å²) in [6.07, 6.45) is 0.222. The number of hydrogen-bond acceptors (Lipinski definition) is 5. The summed E-state index contributed by atoms with van der Waals surface area (Å²) >= 11 is 1.64. The highest BCUT2D eigenvalue weighted by molar-refractivity contribution is 7.99. The first kappa shape index (κ1) is 25.8. The molecule has 4 rings (SSSR count). The number of carbonyl (C=O) groups excluding carboxylic acids is 2. The van der Waals surface area contributed by atoms with Crippen LogP contribution in [0.2, 0.25) is 0 Å². The normalized spacial score (nSPS) is 13.4. The van der Waals surface area contributed by atoms with Crippen LogP contribution in [0.25, 0.3) is 11.1 Å². The SMILES string of the molecule is CC(C)(C)OC(=O)CC[C@H](CSc1ccccc1)NC(=O)OCC1c2ccccc2-c2ccccc21. The average Bonchev–Trinajstić information content (AvgIpc) is 3.18. The third-order valence-corrected chi connectivity index (χ3v) is 7.15. The van der Waals surface area contributed by atoms with Crippen LogP contribution in [0.1, 0.15) is 50.7 Å². The van der Waals surface area contributed by atoms with Gasteiger partial charge in [-0.3, -0.25) is 4.79 Å². The standard InChI is InChI=1S/C30H33NO4S/c1-30(2,3)35-28(32)18-17-21(20-36-22-11-5-4-6-12-22)31-29(33)34-19-27-25-15-9-7-13-23(25)24-14-8-10-16-26(24)27/h4-16,21,27H,17-20H2,1-3H3,(H,31,33)/t21-/m1/s1. The van der Waals surface area contributed by atoms with E-state index < -0.39 is 11.7 Å². The Kier molecular flexibility index (Phi) is 8.36. The molecule has 36 heavy (non-hydrogen) atoms. The summed E-state index contributed by atoms with van der Waals surface area (Å²) in [6, 6.07) is 26.3. The Bertz CT molecular complexity index is 1140. The van der Waals surface area contributed by atoms with Crippen molar-refractivity contribution in [3.63, 3.8) is 0 Å². The van der Waals surface area contributed by atoms with Crippen LogP contribution in [0.5, 0.6) is 0 Å². The van der Waals surface area contributed by atoms with E-state index in [-0.39, 0.29) is 31.0 Å². The largest absolute Gasteiger partial charge is 0.460 e. The topological polar surface area (TPSA) is 64.6 Å². The molecule has 5 nitrogen and oxygen atoms in total. The maximum atomic E-state index is 12.9. The molecule has 0 aromatic heterocycles. The number of thioether (sulfide) groups is 1. The van der Waals surface area contributed by atoms with Gasteiger partial charge in [0.25, 0.3) is 0 Å². The predicted octanol–water partition coefficient (Wildman–Crippen LogP) is 6.81. The Morgan fingerprint density at radius 3 is 2.08 bits per heavy atom. The van der Waals surface area contributed by atoms with E-state index in [2.05, 4.69) is 29.6 Å². The molecule has 3 aromatic rings. The van der Waals surface area contributed by atoms with Gasteiger partial charge in [0.2, 0.25) is 0 Å². The van der Waals surface area contributed by atoms with E-state index in [1.807, 2.05) is 75.4 Å². The summed E-state index contributed by atoms with van der Waals surface area (Å²) in [7, 11) is 0. The zero-order valence-electron chi connectivity index (χ0n) is 21.0. The highest BCUT2D eigenvalue weighted by Gasteiger charge is 2.29. The number of ether oxygens (including phenoxy) is 2. The van der Waals surface area contributed by atoms with Gasteiger partial charge in [0, 0.05) is 29.0 Å². The molecule has 1 aliphatic rings.